The quantitative estimate of drug-likeness (QED) is 0.876. The van der Waals surface area contributed by atoms with Gasteiger partial charge in [0.1, 0.15) is 5.75 Å². The topological polar surface area (TPSA) is 41.6 Å². The lowest BCUT2D eigenvalue weighted by atomic mass is 10.0. The van der Waals surface area contributed by atoms with Crippen molar-refractivity contribution in [1.29, 1.82) is 0 Å². The lowest BCUT2D eigenvalue weighted by molar-refractivity contribution is -0.122. The molecule has 0 bridgehead atoms. The van der Waals surface area contributed by atoms with Crippen LogP contribution in [0.2, 0.25) is 0 Å². The second-order valence-corrected chi connectivity index (χ2v) is 7.11. The standard InChI is InChI=1S/C19H24N2O2S/c1-14-16-9-12-24-18(16)8-11-21(14)13-19(22)20-10-7-15-5-3-4-6-17(15)23-2/h3-6,9,12,14H,7-8,10-11,13H2,1-2H3,(H,20,22)/t14-/m1/s1. The number of carbonyl (C=O) groups is 1. The average molecular weight is 344 g/mol. The fraction of sp³-hybridized carbons (Fsp3) is 0.421. The van der Waals surface area contributed by atoms with Gasteiger partial charge >= 0.3 is 0 Å². The van der Waals surface area contributed by atoms with Crippen LogP contribution < -0.4 is 10.1 Å². The van der Waals surface area contributed by atoms with Gasteiger partial charge in [-0.05, 0) is 48.4 Å². The minimum Gasteiger partial charge on any atom is -0.496 e. The summed E-state index contributed by atoms with van der Waals surface area (Å²) in [6.45, 7) is 4.23. The van der Waals surface area contributed by atoms with E-state index in [1.807, 2.05) is 35.6 Å². The molecule has 0 fully saturated rings. The van der Waals surface area contributed by atoms with Crippen molar-refractivity contribution in [2.75, 3.05) is 26.7 Å². The van der Waals surface area contributed by atoms with E-state index in [0.29, 0.717) is 19.1 Å². The maximum Gasteiger partial charge on any atom is 0.234 e. The summed E-state index contributed by atoms with van der Waals surface area (Å²) < 4.78 is 5.34. The van der Waals surface area contributed by atoms with E-state index in [1.165, 1.54) is 10.4 Å². The van der Waals surface area contributed by atoms with E-state index >= 15 is 0 Å². The van der Waals surface area contributed by atoms with Crippen LogP contribution >= 0.6 is 11.3 Å². The number of thiophene rings is 1. The molecule has 2 heterocycles. The number of hydrogen-bond acceptors (Lipinski definition) is 4. The highest BCUT2D eigenvalue weighted by Gasteiger charge is 2.25. The monoisotopic (exact) mass is 344 g/mol. The number of benzene rings is 1. The molecule has 1 amide bonds. The summed E-state index contributed by atoms with van der Waals surface area (Å²) in [4.78, 5) is 16.0. The highest BCUT2D eigenvalue weighted by molar-refractivity contribution is 7.10. The van der Waals surface area contributed by atoms with Crippen LogP contribution in [0.5, 0.6) is 5.75 Å². The lowest BCUT2D eigenvalue weighted by Crippen LogP contribution is -2.41. The first-order chi connectivity index (χ1) is 11.7. The van der Waals surface area contributed by atoms with E-state index in [-0.39, 0.29) is 5.91 Å². The average Bonchev–Trinajstić information content (AvgIpc) is 3.07. The second-order valence-electron chi connectivity index (χ2n) is 6.11. The molecule has 1 aromatic carbocycles. The molecule has 0 radical (unpaired) electrons. The van der Waals surface area contributed by atoms with E-state index in [9.17, 15) is 4.79 Å². The van der Waals surface area contributed by atoms with Gasteiger partial charge in [-0.3, -0.25) is 9.69 Å². The smallest absolute Gasteiger partial charge is 0.234 e. The van der Waals surface area contributed by atoms with Crippen molar-refractivity contribution in [3.8, 4) is 5.75 Å². The van der Waals surface area contributed by atoms with Crippen molar-refractivity contribution in [2.24, 2.45) is 0 Å². The predicted molar refractivity (Wildman–Crippen MR) is 97.7 cm³/mol. The molecular formula is C19H24N2O2S. The fourth-order valence-corrected chi connectivity index (χ4v) is 4.23. The van der Waals surface area contributed by atoms with Gasteiger partial charge in [0.15, 0.2) is 0 Å². The number of methoxy groups -OCH3 is 1. The summed E-state index contributed by atoms with van der Waals surface area (Å²) in [5.41, 5.74) is 2.50. The van der Waals surface area contributed by atoms with Crippen LogP contribution in [0.15, 0.2) is 35.7 Å². The van der Waals surface area contributed by atoms with Crippen molar-refractivity contribution in [3.05, 3.63) is 51.7 Å². The lowest BCUT2D eigenvalue weighted by Gasteiger charge is -2.32. The van der Waals surface area contributed by atoms with Crippen molar-refractivity contribution in [1.82, 2.24) is 10.2 Å². The van der Waals surface area contributed by atoms with Gasteiger partial charge in [0, 0.05) is 24.0 Å². The van der Waals surface area contributed by atoms with Gasteiger partial charge in [-0.25, -0.2) is 0 Å². The van der Waals surface area contributed by atoms with Gasteiger partial charge in [0.25, 0.3) is 0 Å². The minimum atomic E-state index is 0.0930. The van der Waals surface area contributed by atoms with Crippen LogP contribution in [0.3, 0.4) is 0 Å². The summed E-state index contributed by atoms with van der Waals surface area (Å²) in [6, 6.07) is 10.4. The zero-order valence-electron chi connectivity index (χ0n) is 14.2. The summed E-state index contributed by atoms with van der Waals surface area (Å²) in [5, 5.41) is 5.19. The predicted octanol–water partition coefficient (Wildman–Crippen LogP) is 3.03. The Balaban J connectivity index is 1.48. The van der Waals surface area contributed by atoms with Gasteiger partial charge in [0.05, 0.1) is 13.7 Å². The molecule has 1 aromatic heterocycles. The summed E-state index contributed by atoms with van der Waals surface area (Å²) in [6.07, 6.45) is 1.83. The third kappa shape index (κ3) is 3.79. The van der Waals surface area contributed by atoms with E-state index < -0.39 is 0 Å². The molecule has 3 rings (SSSR count). The number of rotatable bonds is 6. The van der Waals surface area contributed by atoms with Crippen LogP contribution in [0.25, 0.3) is 0 Å². The Morgan fingerprint density at radius 3 is 3.04 bits per heavy atom. The molecule has 128 valence electrons. The number of nitrogens with zero attached hydrogens (tertiary/aromatic N) is 1. The molecule has 0 spiro atoms. The highest BCUT2D eigenvalue weighted by atomic mass is 32.1. The van der Waals surface area contributed by atoms with Crippen LogP contribution in [-0.2, 0) is 17.6 Å². The van der Waals surface area contributed by atoms with Crippen molar-refractivity contribution in [3.63, 3.8) is 0 Å². The number of para-hydroxylation sites is 1. The number of amides is 1. The van der Waals surface area contributed by atoms with Gasteiger partial charge in [-0.15, -0.1) is 11.3 Å². The second kappa shape index (κ2) is 7.81. The number of hydrogen-bond donors (Lipinski definition) is 1. The fourth-order valence-electron chi connectivity index (χ4n) is 3.26. The molecule has 24 heavy (non-hydrogen) atoms. The molecule has 1 aliphatic heterocycles. The molecule has 0 unspecified atom stereocenters. The van der Waals surface area contributed by atoms with Gasteiger partial charge < -0.3 is 10.1 Å². The normalized spacial score (nSPS) is 17.3. The Hall–Kier alpha value is -1.85. The summed E-state index contributed by atoms with van der Waals surface area (Å²) in [7, 11) is 1.67. The van der Waals surface area contributed by atoms with E-state index in [2.05, 4.69) is 28.6 Å². The molecule has 1 N–H and O–H groups in total. The maximum atomic E-state index is 12.3. The zero-order chi connectivity index (χ0) is 16.9. The first-order valence-corrected chi connectivity index (χ1v) is 9.26. The number of fused-ring (bicyclic) bond motifs is 1. The van der Waals surface area contributed by atoms with E-state index in [0.717, 1.165) is 30.7 Å². The summed E-state index contributed by atoms with van der Waals surface area (Å²) in [5.74, 6) is 0.969. The Kier molecular flexibility index (Phi) is 5.53. The first-order valence-electron chi connectivity index (χ1n) is 8.38. The van der Waals surface area contributed by atoms with Crippen LogP contribution in [-0.4, -0.2) is 37.6 Å². The molecular weight excluding hydrogens is 320 g/mol. The van der Waals surface area contributed by atoms with E-state index in [1.54, 1.807) is 7.11 Å². The SMILES string of the molecule is COc1ccccc1CCNC(=O)CN1CCc2sccc2[C@H]1C. The third-order valence-corrected chi connectivity index (χ3v) is 5.66. The Bertz CT molecular complexity index is 698. The zero-order valence-corrected chi connectivity index (χ0v) is 15.1. The van der Waals surface area contributed by atoms with Crippen LogP contribution in [0.1, 0.15) is 29.0 Å². The molecule has 0 aliphatic carbocycles. The van der Waals surface area contributed by atoms with Crippen molar-refractivity contribution < 1.29 is 9.53 Å². The molecule has 5 heteroatoms. The third-order valence-electron chi connectivity index (χ3n) is 4.66. The Morgan fingerprint density at radius 1 is 1.38 bits per heavy atom. The molecule has 0 saturated heterocycles. The van der Waals surface area contributed by atoms with E-state index in [4.69, 9.17) is 4.74 Å². The number of carbonyl (C=O) groups excluding carboxylic acids is 1. The number of nitrogens with one attached hydrogen (secondary N) is 1. The minimum absolute atomic E-state index is 0.0930. The Morgan fingerprint density at radius 2 is 2.21 bits per heavy atom. The van der Waals surface area contributed by atoms with Gasteiger partial charge in [0.2, 0.25) is 5.91 Å². The maximum absolute atomic E-state index is 12.3. The van der Waals surface area contributed by atoms with Crippen LogP contribution in [0, 0.1) is 0 Å². The molecule has 0 saturated carbocycles. The highest BCUT2D eigenvalue weighted by Crippen LogP contribution is 2.32. The molecule has 2 aromatic rings. The van der Waals surface area contributed by atoms with Crippen LogP contribution in [0.4, 0.5) is 0 Å². The van der Waals surface area contributed by atoms with Crippen molar-refractivity contribution >= 4 is 17.2 Å². The van der Waals surface area contributed by atoms with Gasteiger partial charge in [-0.1, -0.05) is 18.2 Å². The largest absolute Gasteiger partial charge is 0.496 e. The molecule has 4 nitrogen and oxygen atoms in total. The van der Waals surface area contributed by atoms with Gasteiger partial charge in [-0.2, -0.15) is 0 Å². The molecule has 1 aliphatic rings. The first kappa shape index (κ1) is 17.0. The molecule has 1 atom stereocenters. The summed E-state index contributed by atoms with van der Waals surface area (Å²) >= 11 is 1.83. The Labute approximate surface area is 147 Å². The van der Waals surface area contributed by atoms with Crippen molar-refractivity contribution in [2.45, 2.75) is 25.8 Å². The number of ether oxygens (including phenoxy) is 1.